The molecule has 30 heavy (non-hydrogen) atoms. The van der Waals surface area contributed by atoms with Crippen LogP contribution in [0.2, 0.25) is 10.0 Å². The van der Waals surface area contributed by atoms with E-state index in [-0.39, 0.29) is 11.5 Å². The molecule has 1 aliphatic heterocycles. The highest BCUT2D eigenvalue weighted by atomic mass is 35.5. The number of carbonyl (C=O) groups excluding carboxylic acids is 3. The molecule has 1 atom stereocenters. The van der Waals surface area contributed by atoms with Gasteiger partial charge in [0.1, 0.15) is 6.04 Å². The molecule has 1 aliphatic rings. The van der Waals surface area contributed by atoms with Crippen LogP contribution in [0.15, 0.2) is 29.2 Å². The summed E-state index contributed by atoms with van der Waals surface area (Å²) in [4.78, 5) is 38.3. The van der Waals surface area contributed by atoms with Crippen molar-refractivity contribution in [3.8, 4) is 5.69 Å². The van der Waals surface area contributed by atoms with Crippen LogP contribution in [0.3, 0.4) is 0 Å². The Kier molecular flexibility index (Phi) is 6.65. The monoisotopic (exact) mass is 466 g/mol. The van der Waals surface area contributed by atoms with Gasteiger partial charge in [-0.15, -0.1) is 0 Å². The molecule has 9 heteroatoms. The summed E-state index contributed by atoms with van der Waals surface area (Å²) >= 11 is 13.3. The maximum absolute atomic E-state index is 12.8. The van der Waals surface area contributed by atoms with Gasteiger partial charge < -0.3 is 9.30 Å². The summed E-state index contributed by atoms with van der Waals surface area (Å²) in [5, 5.41) is 0.367. The number of thioether (sulfide) groups is 1. The second kappa shape index (κ2) is 8.88. The Morgan fingerprint density at radius 3 is 2.63 bits per heavy atom. The second-order valence-corrected chi connectivity index (χ2v) is 8.49. The molecule has 0 N–H and O–H groups in total. The number of nitrogens with zero attached hydrogens (tertiary/aromatic N) is 2. The molecular weight excluding hydrogens is 447 g/mol. The Bertz CT molecular complexity index is 1080. The van der Waals surface area contributed by atoms with Gasteiger partial charge in [-0.25, -0.2) is 4.79 Å². The first-order chi connectivity index (χ1) is 14.2. The molecule has 1 aromatic carbocycles. The molecule has 1 fully saturated rings. The highest BCUT2D eigenvalue weighted by molar-refractivity contribution is 8.18. The topological polar surface area (TPSA) is 68.6 Å². The zero-order valence-electron chi connectivity index (χ0n) is 16.9. The van der Waals surface area contributed by atoms with Crippen molar-refractivity contribution >= 4 is 58.2 Å². The summed E-state index contributed by atoms with van der Waals surface area (Å²) in [6.07, 6.45) is 1.65. The van der Waals surface area contributed by atoms with E-state index in [1.165, 1.54) is 6.92 Å². The molecule has 3 rings (SSSR count). The maximum Gasteiger partial charge on any atom is 0.329 e. The number of imide groups is 1. The van der Waals surface area contributed by atoms with Crippen molar-refractivity contribution in [3.05, 3.63) is 56.2 Å². The Labute approximate surface area is 188 Å². The summed E-state index contributed by atoms with van der Waals surface area (Å²) < 4.78 is 6.87. The van der Waals surface area contributed by atoms with Gasteiger partial charge in [-0.1, -0.05) is 29.3 Å². The number of amides is 2. The zero-order valence-corrected chi connectivity index (χ0v) is 19.2. The second-order valence-electron chi connectivity index (χ2n) is 6.71. The Morgan fingerprint density at radius 2 is 1.97 bits per heavy atom. The van der Waals surface area contributed by atoms with Gasteiger partial charge in [-0.05, 0) is 69.3 Å². The van der Waals surface area contributed by atoms with Crippen LogP contribution in [-0.4, -0.2) is 39.2 Å². The predicted octanol–water partition coefficient (Wildman–Crippen LogP) is 5.39. The lowest BCUT2D eigenvalue weighted by Crippen LogP contribution is -2.42. The molecule has 0 unspecified atom stereocenters. The molecule has 158 valence electrons. The van der Waals surface area contributed by atoms with Crippen molar-refractivity contribution in [2.45, 2.75) is 33.7 Å². The third-order valence-electron chi connectivity index (χ3n) is 4.77. The van der Waals surface area contributed by atoms with Gasteiger partial charge in [0, 0.05) is 11.4 Å². The van der Waals surface area contributed by atoms with E-state index in [1.54, 1.807) is 19.1 Å². The lowest BCUT2D eigenvalue weighted by molar-refractivity contribution is -0.150. The Hall–Kier alpha value is -2.22. The van der Waals surface area contributed by atoms with Crippen LogP contribution in [0.1, 0.15) is 30.8 Å². The lowest BCUT2D eigenvalue weighted by atomic mass is 10.2. The van der Waals surface area contributed by atoms with Gasteiger partial charge in [-0.3, -0.25) is 14.5 Å². The van der Waals surface area contributed by atoms with Gasteiger partial charge in [0.05, 0.1) is 27.2 Å². The number of rotatable bonds is 5. The van der Waals surface area contributed by atoms with E-state index in [9.17, 15) is 14.4 Å². The van der Waals surface area contributed by atoms with Crippen LogP contribution in [0.4, 0.5) is 4.79 Å². The Morgan fingerprint density at radius 1 is 1.27 bits per heavy atom. The summed E-state index contributed by atoms with van der Waals surface area (Å²) in [6, 6.07) is 6.29. The zero-order chi connectivity index (χ0) is 22.2. The molecular formula is C21H20Cl2N2O4S. The number of ether oxygens (including phenoxy) is 1. The first-order valence-corrected chi connectivity index (χ1v) is 10.8. The lowest BCUT2D eigenvalue weighted by Gasteiger charge is -2.19. The number of carbonyl (C=O) groups is 3. The molecule has 0 saturated carbocycles. The number of halogens is 2. The van der Waals surface area contributed by atoms with Crippen molar-refractivity contribution in [1.29, 1.82) is 0 Å². The van der Waals surface area contributed by atoms with Crippen molar-refractivity contribution < 1.29 is 19.1 Å². The summed E-state index contributed by atoms with van der Waals surface area (Å²) in [7, 11) is 0. The van der Waals surface area contributed by atoms with Gasteiger partial charge in [0.2, 0.25) is 0 Å². The minimum Gasteiger partial charge on any atom is -0.464 e. The van der Waals surface area contributed by atoms with Crippen LogP contribution in [0, 0.1) is 13.8 Å². The standard InChI is InChI=1S/C21H20Cl2N2O4S/c1-5-29-20(27)13(4)25-19(26)17(30-21(25)28)10-14-9-11(2)24(12(14)3)16-8-6-7-15(22)18(16)23/h6-10,13H,5H2,1-4H3/b17-10+/t13-/m0/s1. The van der Waals surface area contributed by atoms with E-state index in [2.05, 4.69) is 0 Å². The highest BCUT2D eigenvalue weighted by Crippen LogP contribution is 2.36. The van der Waals surface area contributed by atoms with E-state index >= 15 is 0 Å². The number of aryl methyl sites for hydroxylation is 1. The van der Waals surface area contributed by atoms with Crippen molar-refractivity contribution in [1.82, 2.24) is 9.47 Å². The summed E-state index contributed by atoms with van der Waals surface area (Å²) in [6.45, 7) is 7.12. The molecule has 0 spiro atoms. The largest absolute Gasteiger partial charge is 0.464 e. The molecule has 2 heterocycles. The molecule has 1 aromatic heterocycles. The number of esters is 1. The summed E-state index contributed by atoms with van der Waals surface area (Å²) in [5.74, 6) is -1.13. The van der Waals surface area contributed by atoms with Gasteiger partial charge in [0.25, 0.3) is 11.1 Å². The fraction of sp³-hybridized carbons (Fsp3) is 0.286. The van der Waals surface area contributed by atoms with E-state index in [4.69, 9.17) is 27.9 Å². The minimum atomic E-state index is -0.985. The van der Waals surface area contributed by atoms with Crippen LogP contribution < -0.4 is 0 Å². The maximum atomic E-state index is 12.8. The third-order valence-corrected chi connectivity index (χ3v) is 6.46. The predicted molar refractivity (Wildman–Crippen MR) is 119 cm³/mol. The highest BCUT2D eigenvalue weighted by Gasteiger charge is 2.41. The SMILES string of the molecule is CCOC(=O)[C@H](C)N1C(=O)S/C(=C/c2cc(C)n(-c3cccc(Cl)c3Cl)c2C)C1=O. The van der Waals surface area contributed by atoms with Crippen molar-refractivity contribution in [3.63, 3.8) is 0 Å². The number of hydrogen-bond donors (Lipinski definition) is 0. The third kappa shape index (κ3) is 4.02. The molecule has 2 aromatic rings. The van der Waals surface area contributed by atoms with Crippen molar-refractivity contribution in [2.24, 2.45) is 0 Å². The number of aromatic nitrogens is 1. The normalized spacial score (nSPS) is 16.5. The quantitative estimate of drug-likeness (QED) is 0.436. The number of benzene rings is 1. The van der Waals surface area contributed by atoms with Gasteiger partial charge in [-0.2, -0.15) is 0 Å². The number of hydrogen-bond acceptors (Lipinski definition) is 5. The van der Waals surface area contributed by atoms with Crippen LogP contribution >= 0.6 is 35.0 Å². The fourth-order valence-electron chi connectivity index (χ4n) is 3.29. The molecule has 0 bridgehead atoms. The van der Waals surface area contributed by atoms with E-state index < -0.39 is 23.2 Å². The first kappa shape index (κ1) is 22.5. The average molecular weight is 467 g/mol. The smallest absolute Gasteiger partial charge is 0.329 e. The van der Waals surface area contributed by atoms with E-state index in [1.807, 2.05) is 36.6 Å². The van der Waals surface area contributed by atoms with Crippen molar-refractivity contribution in [2.75, 3.05) is 6.61 Å². The molecule has 1 saturated heterocycles. The molecule has 2 amide bonds. The summed E-state index contributed by atoms with van der Waals surface area (Å²) in [5.41, 5.74) is 3.21. The minimum absolute atomic E-state index is 0.174. The molecule has 0 aliphatic carbocycles. The fourth-order valence-corrected chi connectivity index (χ4v) is 4.57. The van der Waals surface area contributed by atoms with E-state index in [0.717, 1.165) is 39.3 Å². The average Bonchev–Trinajstić information content (AvgIpc) is 3.12. The first-order valence-electron chi connectivity index (χ1n) is 9.24. The van der Waals surface area contributed by atoms with Crippen LogP contribution in [-0.2, 0) is 14.3 Å². The molecule has 6 nitrogen and oxygen atoms in total. The van der Waals surface area contributed by atoms with Gasteiger partial charge >= 0.3 is 5.97 Å². The molecule has 0 radical (unpaired) electrons. The van der Waals surface area contributed by atoms with E-state index in [0.29, 0.717) is 10.0 Å². The van der Waals surface area contributed by atoms with Crippen LogP contribution in [0.25, 0.3) is 11.8 Å². The van der Waals surface area contributed by atoms with Gasteiger partial charge in [0.15, 0.2) is 0 Å². The van der Waals surface area contributed by atoms with Crippen LogP contribution in [0.5, 0.6) is 0 Å². The Balaban J connectivity index is 1.97.